The van der Waals surface area contributed by atoms with Crippen molar-refractivity contribution in [2.24, 2.45) is 0 Å². The minimum Gasteiger partial charge on any atom is -0.387 e. The average Bonchev–Trinajstić information content (AvgIpc) is 3.17. The van der Waals surface area contributed by atoms with Crippen molar-refractivity contribution < 1.29 is 5.11 Å². The Morgan fingerprint density at radius 1 is 1.21 bits per heavy atom. The van der Waals surface area contributed by atoms with E-state index in [1.54, 1.807) is 17.4 Å². The van der Waals surface area contributed by atoms with Crippen LogP contribution in [0.2, 0.25) is 0 Å². The summed E-state index contributed by atoms with van der Waals surface area (Å²) in [5.41, 5.74) is 2.29. The highest BCUT2D eigenvalue weighted by Crippen LogP contribution is 2.22. The Bertz CT molecular complexity index is 815. The first-order chi connectivity index (χ1) is 11.8. The summed E-state index contributed by atoms with van der Waals surface area (Å²) in [7, 11) is 0. The smallest absolute Gasteiger partial charge is 0.145 e. The zero-order chi connectivity index (χ0) is 16.8. The molecule has 0 aliphatic rings. The second kappa shape index (κ2) is 7.68. The van der Waals surface area contributed by atoms with Crippen molar-refractivity contribution in [1.29, 1.82) is 5.26 Å². The summed E-state index contributed by atoms with van der Waals surface area (Å²) in [5, 5.41) is 23.4. The van der Waals surface area contributed by atoms with Gasteiger partial charge in [-0.1, -0.05) is 30.3 Å². The second-order valence-corrected chi connectivity index (χ2v) is 6.09. The summed E-state index contributed by atoms with van der Waals surface area (Å²) in [4.78, 5) is 10.1. The van der Waals surface area contributed by atoms with Crippen LogP contribution in [0, 0.1) is 11.3 Å². The van der Waals surface area contributed by atoms with Crippen LogP contribution in [0.3, 0.4) is 0 Å². The molecule has 0 spiro atoms. The van der Waals surface area contributed by atoms with Gasteiger partial charge in [0.2, 0.25) is 0 Å². The van der Waals surface area contributed by atoms with Gasteiger partial charge in [-0.15, -0.1) is 0 Å². The number of thiophene rings is 1. The van der Waals surface area contributed by atoms with E-state index in [-0.39, 0.29) is 0 Å². The lowest BCUT2D eigenvalue weighted by molar-refractivity contribution is 0.183. The molecule has 3 aromatic rings. The first-order valence-corrected chi connectivity index (χ1v) is 8.41. The van der Waals surface area contributed by atoms with Crippen LogP contribution in [-0.4, -0.2) is 21.6 Å². The summed E-state index contributed by atoms with van der Waals surface area (Å²) >= 11 is 1.55. The van der Waals surface area contributed by atoms with Crippen molar-refractivity contribution in [2.45, 2.75) is 12.6 Å². The van der Waals surface area contributed by atoms with Gasteiger partial charge in [0.1, 0.15) is 23.9 Å². The molecule has 0 aliphatic heterocycles. The predicted octanol–water partition coefficient (Wildman–Crippen LogP) is 3.15. The fraction of sp³-hybridized carbons (Fsp3) is 0.167. The summed E-state index contributed by atoms with van der Waals surface area (Å²) in [6.07, 6.45) is 0.753. The van der Waals surface area contributed by atoms with Crippen molar-refractivity contribution >= 4 is 17.2 Å². The van der Waals surface area contributed by atoms with Gasteiger partial charge in [0.05, 0.1) is 6.10 Å². The normalized spacial score (nSPS) is 11.7. The third-order valence-corrected chi connectivity index (χ3v) is 4.33. The van der Waals surface area contributed by atoms with E-state index in [0.29, 0.717) is 24.6 Å². The number of hydrogen-bond donors (Lipinski definition) is 1. The Hall–Kier alpha value is -2.75. The zero-order valence-corrected chi connectivity index (χ0v) is 13.7. The van der Waals surface area contributed by atoms with Gasteiger partial charge >= 0.3 is 0 Å². The molecule has 6 heteroatoms. The van der Waals surface area contributed by atoms with Gasteiger partial charge in [-0.2, -0.15) is 16.6 Å². The second-order valence-electron chi connectivity index (χ2n) is 5.31. The maximum Gasteiger partial charge on any atom is 0.145 e. The zero-order valence-electron chi connectivity index (χ0n) is 12.9. The predicted molar refractivity (Wildman–Crippen MR) is 93.5 cm³/mol. The summed E-state index contributed by atoms with van der Waals surface area (Å²) in [6.45, 7) is 0.970. The van der Waals surface area contributed by atoms with E-state index < -0.39 is 6.10 Å². The lowest BCUT2D eigenvalue weighted by Crippen LogP contribution is -2.29. The fourth-order valence-corrected chi connectivity index (χ4v) is 3.11. The fourth-order valence-electron chi connectivity index (χ4n) is 2.40. The van der Waals surface area contributed by atoms with Crippen LogP contribution < -0.4 is 4.90 Å². The molecular formula is C18H16N4OS. The number of aromatic nitrogens is 2. The molecule has 2 aromatic heterocycles. The van der Waals surface area contributed by atoms with Crippen LogP contribution in [0.15, 0.2) is 59.6 Å². The molecule has 0 saturated carbocycles. The highest BCUT2D eigenvalue weighted by molar-refractivity contribution is 7.07. The van der Waals surface area contributed by atoms with Crippen LogP contribution in [0.25, 0.3) is 0 Å². The van der Waals surface area contributed by atoms with E-state index in [9.17, 15) is 5.11 Å². The highest BCUT2D eigenvalue weighted by Gasteiger charge is 2.16. The van der Waals surface area contributed by atoms with Crippen molar-refractivity contribution in [3.63, 3.8) is 0 Å². The number of aliphatic hydroxyl groups excluding tert-OH is 1. The van der Waals surface area contributed by atoms with Crippen molar-refractivity contribution in [2.75, 3.05) is 11.4 Å². The first kappa shape index (κ1) is 16.1. The van der Waals surface area contributed by atoms with E-state index in [1.165, 1.54) is 6.33 Å². The molecule has 1 N–H and O–H groups in total. The molecule has 0 bridgehead atoms. The number of nitriles is 1. The Kier molecular flexibility index (Phi) is 5.16. The van der Waals surface area contributed by atoms with E-state index >= 15 is 0 Å². The Morgan fingerprint density at radius 3 is 2.75 bits per heavy atom. The molecule has 1 atom stereocenters. The maximum atomic E-state index is 10.5. The summed E-state index contributed by atoms with van der Waals surface area (Å²) in [5.74, 6) is 0.625. The number of aliphatic hydroxyl groups is 1. The topological polar surface area (TPSA) is 73.0 Å². The van der Waals surface area contributed by atoms with Crippen LogP contribution in [0.5, 0.6) is 0 Å². The molecule has 3 rings (SSSR count). The number of nitrogens with zero attached hydrogens (tertiary/aromatic N) is 4. The number of benzene rings is 1. The lowest BCUT2D eigenvalue weighted by atomic mass is 10.1. The van der Waals surface area contributed by atoms with Crippen LogP contribution in [0.1, 0.15) is 22.9 Å². The third-order valence-electron chi connectivity index (χ3n) is 3.63. The van der Waals surface area contributed by atoms with E-state index in [4.69, 9.17) is 5.26 Å². The molecule has 0 amide bonds. The Balaban J connectivity index is 1.86. The monoisotopic (exact) mass is 336 g/mol. The largest absolute Gasteiger partial charge is 0.387 e. The molecular weight excluding hydrogens is 320 g/mol. The van der Waals surface area contributed by atoms with E-state index in [1.807, 2.05) is 58.1 Å². The van der Waals surface area contributed by atoms with Crippen LogP contribution in [0.4, 0.5) is 5.82 Å². The van der Waals surface area contributed by atoms with Crippen molar-refractivity contribution in [3.05, 3.63) is 76.4 Å². The molecule has 120 valence electrons. The summed E-state index contributed by atoms with van der Waals surface area (Å²) < 4.78 is 0. The van der Waals surface area contributed by atoms with Gasteiger partial charge in [-0.25, -0.2) is 9.97 Å². The van der Waals surface area contributed by atoms with Gasteiger partial charge in [0.15, 0.2) is 0 Å². The quantitative estimate of drug-likeness (QED) is 0.748. The average molecular weight is 336 g/mol. The molecule has 1 aromatic carbocycles. The van der Waals surface area contributed by atoms with Crippen molar-refractivity contribution in [3.8, 4) is 6.07 Å². The molecule has 0 radical (unpaired) electrons. The molecule has 0 fully saturated rings. The molecule has 0 aliphatic carbocycles. The van der Waals surface area contributed by atoms with Crippen molar-refractivity contribution in [1.82, 2.24) is 9.97 Å². The number of hydrogen-bond acceptors (Lipinski definition) is 6. The van der Waals surface area contributed by atoms with Gasteiger partial charge in [-0.05, 0) is 28.0 Å². The van der Waals surface area contributed by atoms with E-state index in [0.717, 1.165) is 11.1 Å². The standard InChI is InChI=1S/C18H16N4OS/c19-9-16-8-18(21-13-20-16)22(10-14-4-2-1-3-5-14)11-17(23)15-6-7-24-12-15/h1-8,12-13,17,23H,10-11H2/t17-/m1/s1. The minimum absolute atomic E-state index is 0.308. The SMILES string of the molecule is N#Cc1cc(N(Cc2ccccc2)C[C@@H](O)c2ccsc2)ncn1. The highest BCUT2D eigenvalue weighted by atomic mass is 32.1. The molecule has 2 heterocycles. The Labute approximate surface area is 144 Å². The van der Waals surface area contributed by atoms with Gasteiger partial charge in [0, 0.05) is 19.2 Å². The number of anilines is 1. The van der Waals surface area contributed by atoms with Gasteiger partial charge in [0.25, 0.3) is 0 Å². The maximum absolute atomic E-state index is 10.5. The van der Waals surface area contributed by atoms with E-state index in [2.05, 4.69) is 9.97 Å². The summed E-state index contributed by atoms with van der Waals surface area (Å²) in [6, 6.07) is 15.5. The molecule has 0 saturated heterocycles. The van der Waals surface area contributed by atoms with Gasteiger partial charge in [-0.3, -0.25) is 0 Å². The first-order valence-electron chi connectivity index (χ1n) is 7.47. The minimum atomic E-state index is -0.625. The van der Waals surface area contributed by atoms with Gasteiger partial charge < -0.3 is 10.0 Å². The van der Waals surface area contributed by atoms with Crippen LogP contribution >= 0.6 is 11.3 Å². The van der Waals surface area contributed by atoms with Crippen LogP contribution in [-0.2, 0) is 6.54 Å². The molecule has 5 nitrogen and oxygen atoms in total. The number of rotatable bonds is 6. The lowest BCUT2D eigenvalue weighted by Gasteiger charge is -2.26. The molecule has 24 heavy (non-hydrogen) atoms. The Morgan fingerprint density at radius 2 is 2.04 bits per heavy atom. The third kappa shape index (κ3) is 3.96. The molecule has 0 unspecified atom stereocenters.